The molecule has 2 aromatic rings. The van der Waals surface area contributed by atoms with Crippen LogP contribution >= 0.6 is 0 Å². The summed E-state index contributed by atoms with van der Waals surface area (Å²) in [6.45, 7) is 8.18. The molecule has 0 aliphatic carbocycles. The van der Waals surface area contributed by atoms with Crippen molar-refractivity contribution < 1.29 is 19.1 Å². The molecule has 0 saturated carbocycles. The number of anilines is 1. The van der Waals surface area contributed by atoms with Gasteiger partial charge in [-0.15, -0.1) is 0 Å². The number of rotatable bonds is 6. The molecule has 5 N–H and O–H groups in total. The van der Waals surface area contributed by atoms with Gasteiger partial charge in [-0.25, -0.2) is 9.59 Å². The zero-order valence-electron chi connectivity index (χ0n) is 20.1. The Morgan fingerprint density at radius 3 is 2.53 bits per heavy atom. The SMILES string of the molecule is C=C1NC(=O)NC(C(=O)N[C@@H](C)c2cccc(N3CCN(C(=O)OCc4ccccc4)CC3)c2)=C1N. The molecule has 0 aromatic heterocycles. The maximum atomic E-state index is 12.7. The number of nitrogens with one attached hydrogen (secondary N) is 3. The second kappa shape index (κ2) is 10.9. The highest BCUT2D eigenvalue weighted by molar-refractivity contribution is 6.00. The van der Waals surface area contributed by atoms with Crippen LogP contribution in [0.15, 0.2) is 78.3 Å². The third-order valence-corrected chi connectivity index (χ3v) is 6.15. The minimum absolute atomic E-state index is 0.0259. The highest BCUT2D eigenvalue weighted by atomic mass is 16.6. The Balaban J connectivity index is 1.32. The quantitative estimate of drug-likeness (QED) is 0.492. The zero-order chi connectivity index (χ0) is 25.7. The van der Waals surface area contributed by atoms with Crippen LogP contribution in [0.3, 0.4) is 0 Å². The van der Waals surface area contributed by atoms with Crippen LogP contribution in [-0.4, -0.2) is 49.1 Å². The van der Waals surface area contributed by atoms with E-state index in [2.05, 4.69) is 27.4 Å². The molecule has 0 radical (unpaired) electrons. The molecule has 1 atom stereocenters. The molecule has 36 heavy (non-hydrogen) atoms. The molecule has 2 aromatic carbocycles. The van der Waals surface area contributed by atoms with Crippen LogP contribution in [0.25, 0.3) is 0 Å². The van der Waals surface area contributed by atoms with Crippen molar-refractivity contribution in [2.24, 2.45) is 5.73 Å². The molecule has 2 heterocycles. The average Bonchev–Trinajstić information content (AvgIpc) is 2.90. The predicted molar refractivity (Wildman–Crippen MR) is 135 cm³/mol. The van der Waals surface area contributed by atoms with E-state index in [1.807, 2.05) is 61.5 Å². The third kappa shape index (κ3) is 5.77. The summed E-state index contributed by atoms with van der Waals surface area (Å²) in [6, 6.07) is 16.6. The normalized spacial score (nSPS) is 16.7. The number of carbonyl (C=O) groups is 3. The molecular weight excluding hydrogens is 460 g/mol. The van der Waals surface area contributed by atoms with E-state index in [0.29, 0.717) is 26.2 Å². The van der Waals surface area contributed by atoms with E-state index in [-0.39, 0.29) is 35.8 Å². The van der Waals surface area contributed by atoms with Gasteiger partial charge in [0.05, 0.1) is 17.4 Å². The van der Waals surface area contributed by atoms with Crippen LogP contribution in [0.4, 0.5) is 15.3 Å². The van der Waals surface area contributed by atoms with Gasteiger partial charge in [0.2, 0.25) is 0 Å². The van der Waals surface area contributed by atoms with Crippen molar-refractivity contribution in [3.8, 4) is 0 Å². The van der Waals surface area contributed by atoms with Crippen molar-refractivity contribution in [3.05, 3.63) is 89.4 Å². The molecule has 0 spiro atoms. The standard InChI is InChI=1S/C26H30N6O4/c1-17(28-24(33)23-22(27)18(2)29-25(34)30-23)20-9-6-10-21(15-20)31-11-13-32(14-12-31)26(35)36-16-19-7-4-3-5-8-19/h3-10,15,17H,2,11-14,16,27H2,1H3,(H,28,33)(H2,29,30,34)/t17-/m0/s1. The summed E-state index contributed by atoms with van der Waals surface area (Å²) in [5.74, 6) is -0.496. The first-order chi connectivity index (χ1) is 17.3. The third-order valence-electron chi connectivity index (χ3n) is 6.15. The highest BCUT2D eigenvalue weighted by Crippen LogP contribution is 2.23. The molecular formula is C26H30N6O4. The number of nitrogens with zero attached hydrogens (tertiary/aromatic N) is 2. The Labute approximate surface area is 209 Å². The highest BCUT2D eigenvalue weighted by Gasteiger charge is 2.26. The molecule has 4 rings (SSSR count). The van der Waals surface area contributed by atoms with Crippen LogP contribution in [0, 0.1) is 0 Å². The first-order valence-electron chi connectivity index (χ1n) is 11.7. The summed E-state index contributed by atoms with van der Waals surface area (Å²) in [5, 5.41) is 7.72. The van der Waals surface area contributed by atoms with Crippen LogP contribution in [0.2, 0.25) is 0 Å². The number of hydrogen-bond acceptors (Lipinski definition) is 6. The summed E-state index contributed by atoms with van der Waals surface area (Å²) >= 11 is 0. The molecule has 188 valence electrons. The Morgan fingerprint density at radius 2 is 1.81 bits per heavy atom. The van der Waals surface area contributed by atoms with Gasteiger partial charge in [-0.05, 0) is 30.2 Å². The fourth-order valence-electron chi connectivity index (χ4n) is 4.05. The number of amides is 4. The van der Waals surface area contributed by atoms with Crippen LogP contribution in [-0.2, 0) is 16.1 Å². The number of hydrogen-bond donors (Lipinski definition) is 4. The number of urea groups is 1. The minimum Gasteiger partial charge on any atom is -0.445 e. The Morgan fingerprint density at radius 1 is 1.08 bits per heavy atom. The first-order valence-corrected chi connectivity index (χ1v) is 11.7. The van der Waals surface area contributed by atoms with Gasteiger partial charge < -0.3 is 36.2 Å². The van der Waals surface area contributed by atoms with Gasteiger partial charge in [0.15, 0.2) is 0 Å². The number of nitrogens with two attached hydrogens (primary N) is 1. The van der Waals surface area contributed by atoms with Gasteiger partial charge in [-0.3, -0.25) is 4.79 Å². The predicted octanol–water partition coefficient (Wildman–Crippen LogP) is 2.32. The molecule has 10 nitrogen and oxygen atoms in total. The van der Waals surface area contributed by atoms with Crippen molar-refractivity contribution in [2.45, 2.75) is 19.6 Å². The average molecular weight is 491 g/mol. The van der Waals surface area contributed by atoms with E-state index in [0.717, 1.165) is 16.8 Å². The summed E-state index contributed by atoms with van der Waals surface area (Å²) in [4.78, 5) is 40.8. The molecule has 1 fully saturated rings. The van der Waals surface area contributed by atoms with Crippen LogP contribution in [0.1, 0.15) is 24.1 Å². The minimum atomic E-state index is -0.558. The lowest BCUT2D eigenvalue weighted by atomic mass is 10.1. The molecule has 0 bridgehead atoms. The fourth-order valence-corrected chi connectivity index (χ4v) is 4.05. The summed E-state index contributed by atoms with van der Waals surface area (Å²) < 4.78 is 5.45. The molecule has 10 heteroatoms. The largest absolute Gasteiger partial charge is 0.445 e. The Hall–Kier alpha value is -4.47. The van der Waals surface area contributed by atoms with Crippen LogP contribution < -0.4 is 26.6 Å². The van der Waals surface area contributed by atoms with Crippen molar-refractivity contribution in [2.75, 3.05) is 31.1 Å². The monoisotopic (exact) mass is 490 g/mol. The van der Waals surface area contributed by atoms with Gasteiger partial charge >= 0.3 is 12.1 Å². The number of carbonyl (C=O) groups excluding carboxylic acids is 3. The lowest BCUT2D eigenvalue weighted by Crippen LogP contribution is -2.49. The Kier molecular flexibility index (Phi) is 7.43. The molecule has 1 saturated heterocycles. The second-order valence-electron chi connectivity index (χ2n) is 8.65. The van der Waals surface area contributed by atoms with Crippen LogP contribution in [0.5, 0.6) is 0 Å². The van der Waals surface area contributed by atoms with E-state index in [1.165, 1.54) is 0 Å². The number of piperazine rings is 1. The second-order valence-corrected chi connectivity index (χ2v) is 8.65. The van der Waals surface area contributed by atoms with Crippen molar-refractivity contribution in [1.29, 1.82) is 0 Å². The van der Waals surface area contributed by atoms with E-state index < -0.39 is 11.9 Å². The fraction of sp³-hybridized carbons (Fsp3) is 0.269. The van der Waals surface area contributed by atoms with Crippen molar-refractivity contribution in [1.82, 2.24) is 20.9 Å². The summed E-state index contributed by atoms with van der Waals surface area (Å²) in [7, 11) is 0. The first kappa shape index (κ1) is 24.6. The summed E-state index contributed by atoms with van der Waals surface area (Å²) in [6.07, 6.45) is -0.315. The lowest BCUT2D eigenvalue weighted by molar-refractivity contribution is -0.118. The van der Waals surface area contributed by atoms with Gasteiger partial charge in [-0.1, -0.05) is 49.0 Å². The summed E-state index contributed by atoms with van der Waals surface area (Å²) in [5.41, 5.74) is 8.99. The molecule has 2 aliphatic rings. The maximum Gasteiger partial charge on any atom is 0.410 e. The number of benzene rings is 2. The molecule has 4 amide bonds. The van der Waals surface area contributed by atoms with E-state index in [1.54, 1.807) is 4.90 Å². The van der Waals surface area contributed by atoms with E-state index in [4.69, 9.17) is 10.5 Å². The van der Waals surface area contributed by atoms with Crippen molar-refractivity contribution in [3.63, 3.8) is 0 Å². The van der Waals surface area contributed by atoms with Gasteiger partial charge in [0.25, 0.3) is 5.91 Å². The van der Waals surface area contributed by atoms with Gasteiger partial charge in [0, 0.05) is 31.9 Å². The Bertz CT molecular complexity index is 1190. The van der Waals surface area contributed by atoms with Gasteiger partial charge in [0.1, 0.15) is 12.3 Å². The lowest BCUT2D eigenvalue weighted by Gasteiger charge is -2.35. The topological polar surface area (TPSA) is 129 Å². The number of ether oxygens (including phenoxy) is 1. The van der Waals surface area contributed by atoms with Gasteiger partial charge in [-0.2, -0.15) is 0 Å². The van der Waals surface area contributed by atoms with Crippen molar-refractivity contribution >= 4 is 23.7 Å². The smallest absolute Gasteiger partial charge is 0.410 e. The molecule has 0 unspecified atom stereocenters. The molecule has 2 aliphatic heterocycles. The zero-order valence-corrected chi connectivity index (χ0v) is 20.1. The van der Waals surface area contributed by atoms with E-state index in [9.17, 15) is 14.4 Å². The maximum absolute atomic E-state index is 12.7. The van der Waals surface area contributed by atoms with E-state index >= 15 is 0 Å².